The highest BCUT2D eigenvalue weighted by atomic mass is 16.2. The minimum Gasteiger partial charge on any atom is -0.399 e. The molecular weight excluding hydrogens is 226 g/mol. The molecule has 1 aromatic rings. The molecule has 4 heteroatoms. The van der Waals surface area contributed by atoms with E-state index in [-0.39, 0.29) is 5.91 Å². The van der Waals surface area contributed by atoms with Crippen LogP contribution in [-0.2, 0) is 0 Å². The highest BCUT2D eigenvalue weighted by Crippen LogP contribution is 2.21. The molecule has 98 valence electrons. The van der Waals surface area contributed by atoms with Gasteiger partial charge in [-0.2, -0.15) is 0 Å². The second kappa shape index (κ2) is 5.85. The number of nitrogens with zero attached hydrogens (tertiary/aromatic N) is 2. The monoisotopic (exact) mass is 247 g/mol. The van der Waals surface area contributed by atoms with Crippen molar-refractivity contribution in [2.24, 2.45) is 5.92 Å². The van der Waals surface area contributed by atoms with Crippen LogP contribution in [0.25, 0.3) is 0 Å². The van der Waals surface area contributed by atoms with E-state index in [1.807, 2.05) is 4.90 Å². The summed E-state index contributed by atoms with van der Waals surface area (Å²) in [5.74, 6) is 0.774. The van der Waals surface area contributed by atoms with Crippen LogP contribution in [0.1, 0.15) is 43.1 Å². The van der Waals surface area contributed by atoms with Crippen LogP contribution in [0, 0.1) is 5.92 Å². The van der Waals surface area contributed by atoms with Crippen molar-refractivity contribution >= 4 is 11.6 Å². The molecule has 0 aliphatic carbocycles. The van der Waals surface area contributed by atoms with Crippen LogP contribution in [0.15, 0.2) is 18.3 Å². The summed E-state index contributed by atoms with van der Waals surface area (Å²) in [6.45, 7) is 3.90. The lowest BCUT2D eigenvalue weighted by molar-refractivity contribution is 0.0754. The van der Waals surface area contributed by atoms with Gasteiger partial charge in [-0.15, -0.1) is 0 Å². The summed E-state index contributed by atoms with van der Waals surface area (Å²) in [4.78, 5) is 18.3. The van der Waals surface area contributed by atoms with Crippen molar-refractivity contribution in [2.45, 2.75) is 32.6 Å². The molecule has 1 saturated heterocycles. The van der Waals surface area contributed by atoms with Crippen molar-refractivity contribution in [3.05, 3.63) is 24.0 Å². The van der Waals surface area contributed by atoms with Gasteiger partial charge >= 0.3 is 0 Å². The molecule has 0 aromatic carbocycles. The third-order valence-corrected chi connectivity index (χ3v) is 3.72. The maximum absolute atomic E-state index is 12.3. The standard InChI is InChI=1S/C14H21N3O/c1-2-11-4-3-8-17(9-6-11)14(18)13-10-12(15)5-7-16-13/h5,7,10-11H,2-4,6,8-9H2,1H3,(H2,15,16). The van der Waals surface area contributed by atoms with Crippen molar-refractivity contribution in [3.63, 3.8) is 0 Å². The van der Waals surface area contributed by atoms with Crippen molar-refractivity contribution in [1.29, 1.82) is 0 Å². The molecule has 1 unspecified atom stereocenters. The van der Waals surface area contributed by atoms with Crippen LogP contribution < -0.4 is 5.73 Å². The summed E-state index contributed by atoms with van der Waals surface area (Å²) >= 11 is 0. The van der Waals surface area contributed by atoms with E-state index in [1.54, 1.807) is 18.3 Å². The summed E-state index contributed by atoms with van der Waals surface area (Å²) in [6.07, 6.45) is 6.22. The molecule has 2 heterocycles. The lowest BCUT2D eigenvalue weighted by Gasteiger charge is -2.20. The molecular formula is C14H21N3O. The fourth-order valence-electron chi connectivity index (χ4n) is 2.50. The third kappa shape index (κ3) is 3.00. The number of hydrogen-bond donors (Lipinski definition) is 1. The molecule has 1 aliphatic rings. The van der Waals surface area contributed by atoms with Gasteiger partial charge in [-0.1, -0.05) is 13.3 Å². The second-order valence-electron chi connectivity index (χ2n) is 4.97. The molecule has 2 N–H and O–H groups in total. The molecule has 1 atom stereocenters. The Kier molecular flexibility index (Phi) is 4.18. The SMILES string of the molecule is CCC1CCCN(C(=O)c2cc(N)ccn2)CC1. The summed E-state index contributed by atoms with van der Waals surface area (Å²) in [5.41, 5.74) is 6.74. The molecule has 1 aromatic heterocycles. The van der Waals surface area contributed by atoms with Gasteiger partial charge in [0, 0.05) is 25.0 Å². The highest BCUT2D eigenvalue weighted by Gasteiger charge is 2.21. The Morgan fingerprint density at radius 2 is 2.33 bits per heavy atom. The number of hydrogen-bond acceptors (Lipinski definition) is 3. The normalized spacial score (nSPS) is 20.5. The zero-order valence-corrected chi connectivity index (χ0v) is 10.9. The Labute approximate surface area is 108 Å². The molecule has 1 amide bonds. The van der Waals surface area contributed by atoms with E-state index < -0.39 is 0 Å². The van der Waals surface area contributed by atoms with Crippen molar-refractivity contribution in [2.75, 3.05) is 18.8 Å². The van der Waals surface area contributed by atoms with Crippen LogP contribution in [0.4, 0.5) is 5.69 Å². The zero-order valence-electron chi connectivity index (χ0n) is 10.9. The van der Waals surface area contributed by atoms with Crippen molar-refractivity contribution in [3.8, 4) is 0 Å². The van der Waals surface area contributed by atoms with Crippen LogP contribution in [0.2, 0.25) is 0 Å². The molecule has 2 rings (SSSR count). The van der Waals surface area contributed by atoms with E-state index in [2.05, 4.69) is 11.9 Å². The Hall–Kier alpha value is -1.58. The smallest absolute Gasteiger partial charge is 0.272 e. The molecule has 0 radical (unpaired) electrons. The summed E-state index contributed by atoms with van der Waals surface area (Å²) in [6, 6.07) is 3.36. The highest BCUT2D eigenvalue weighted by molar-refractivity contribution is 5.93. The largest absolute Gasteiger partial charge is 0.399 e. The molecule has 1 fully saturated rings. The number of nitrogen functional groups attached to an aromatic ring is 1. The molecule has 18 heavy (non-hydrogen) atoms. The fraction of sp³-hybridized carbons (Fsp3) is 0.571. The average Bonchev–Trinajstić information content (AvgIpc) is 2.63. The fourth-order valence-corrected chi connectivity index (χ4v) is 2.50. The van der Waals surface area contributed by atoms with E-state index in [0.717, 1.165) is 31.8 Å². The molecule has 0 bridgehead atoms. The average molecular weight is 247 g/mol. The quantitative estimate of drug-likeness (QED) is 0.872. The lowest BCUT2D eigenvalue weighted by Crippen LogP contribution is -2.32. The number of aromatic nitrogens is 1. The van der Waals surface area contributed by atoms with E-state index in [0.29, 0.717) is 11.4 Å². The van der Waals surface area contributed by atoms with Gasteiger partial charge in [-0.3, -0.25) is 9.78 Å². The minimum absolute atomic E-state index is 0.0130. The molecule has 0 saturated carbocycles. The maximum atomic E-state index is 12.3. The molecule has 1 aliphatic heterocycles. The first-order chi connectivity index (χ1) is 8.70. The van der Waals surface area contributed by atoms with E-state index in [4.69, 9.17) is 5.73 Å². The van der Waals surface area contributed by atoms with Crippen LogP contribution in [0.3, 0.4) is 0 Å². The van der Waals surface area contributed by atoms with Crippen molar-refractivity contribution in [1.82, 2.24) is 9.88 Å². The van der Waals surface area contributed by atoms with Gasteiger partial charge in [0.05, 0.1) is 0 Å². The van der Waals surface area contributed by atoms with Crippen LogP contribution in [0.5, 0.6) is 0 Å². The van der Waals surface area contributed by atoms with Crippen LogP contribution in [-0.4, -0.2) is 28.9 Å². The van der Waals surface area contributed by atoms with Gasteiger partial charge in [0.15, 0.2) is 0 Å². The topological polar surface area (TPSA) is 59.2 Å². The summed E-state index contributed by atoms with van der Waals surface area (Å²) in [7, 11) is 0. The van der Waals surface area contributed by atoms with Crippen LogP contribution >= 0.6 is 0 Å². The summed E-state index contributed by atoms with van der Waals surface area (Å²) in [5, 5.41) is 0. The number of likely N-dealkylation sites (tertiary alicyclic amines) is 1. The first-order valence-electron chi connectivity index (χ1n) is 6.71. The van der Waals surface area contributed by atoms with Gasteiger partial charge in [0.2, 0.25) is 0 Å². The third-order valence-electron chi connectivity index (χ3n) is 3.72. The number of amides is 1. The van der Waals surface area contributed by atoms with Gasteiger partial charge < -0.3 is 10.6 Å². The van der Waals surface area contributed by atoms with E-state index >= 15 is 0 Å². The predicted octanol–water partition coefficient (Wildman–Crippen LogP) is 2.32. The Morgan fingerprint density at radius 1 is 1.50 bits per heavy atom. The number of carbonyl (C=O) groups is 1. The number of carbonyl (C=O) groups excluding carboxylic acids is 1. The minimum atomic E-state index is 0.0130. The van der Waals surface area contributed by atoms with E-state index in [1.165, 1.54) is 12.8 Å². The lowest BCUT2D eigenvalue weighted by atomic mass is 9.98. The van der Waals surface area contributed by atoms with Gasteiger partial charge in [0.1, 0.15) is 5.69 Å². The first kappa shape index (κ1) is 12.9. The maximum Gasteiger partial charge on any atom is 0.272 e. The number of rotatable bonds is 2. The Bertz CT molecular complexity index is 419. The molecule has 0 spiro atoms. The van der Waals surface area contributed by atoms with Gasteiger partial charge in [-0.05, 0) is 37.3 Å². The van der Waals surface area contributed by atoms with Gasteiger partial charge in [0.25, 0.3) is 5.91 Å². The predicted molar refractivity (Wildman–Crippen MR) is 72.2 cm³/mol. The van der Waals surface area contributed by atoms with Gasteiger partial charge in [-0.25, -0.2) is 0 Å². The number of anilines is 1. The Morgan fingerprint density at radius 3 is 3.06 bits per heavy atom. The first-order valence-corrected chi connectivity index (χ1v) is 6.71. The second-order valence-corrected chi connectivity index (χ2v) is 4.97. The van der Waals surface area contributed by atoms with E-state index in [9.17, 15) is 4.79 Å². The Balaban J connectivity index is 2.05. The zero-order chi connectivity index (χ0) is 13.0. The number of nitrogens with two attached hydrogens (primary N) is 1. The molecule has 4 nitrogen and oxygen atoms in total. The van der Waals surface area contributed by atoms with Crippen molar-refractivity contribution < 1.29 is 4.79 Å². The summed E-state index contributed by atoms with van der Waals surface area (Å²) < 4.78 is 0. The number of pyridine rings is 1.